The second kappa shape index (κ2) is 12.5. The van der Waals surface area contributed by atoms with Crippen molar-refractivity contribution in [1.82, 2.24) is 0 Å². The van der Waals surface area contributed by atoms with Crippen LogP contribution in [0.1, 0.15) is 37.8 Å². The van der Waals surface area contributed by atoms with Crippen molar-refractivity contribution in [2.45, 2.75) is 33.3 Å². The lowest BCUT2D eigenvalue weighted by molar-refractivity contribution is -0.138. The Morgan fingerprint density at radius 3 is 2.51 bits per heavy atom. The van der Waals surface area contributed by atoms with E-state index in [0.717, 1.165) is 11.8 Å². The zero-order valence-corrected chi connectivity index (χ0v) is 22.9. The fraction of sp³-hybridized carbons (Fsp3) is 0.240. The third-order valence-corrected chi connectivity index (χ3v) is 6.85. The molecule has 0 atom stereocenters. The Bertz CT molecular complexity index is 1220. The smallest absolute Gasteiger partial charge is 0.344 e. The largest absolute Gasteiger partial charge is 0.506 e. The summed E-state index contributed by atoms with van der Waals surface area (Å²) >= 11 is 7.99. The fourth-order valence-corrected chi connectivity index (χ4v) is 5.59. The first-order valence-corrected chi connectivity index (χ1v) is 13.1. The van der Waals surface area contributed by atoms with Crippen molar-refractivity contribution in [3.8, 4) is 5.75 Å². The molecule has 184 valence electrons. The predicted octanol–water partition coefficient (Wildman–Crippen LogP) is 7.12. The van der Waals surface area contributed by atoms with Crippen LogP contribution in [-0.4, -0.2) is 28.6 Å². The van der Waals surface area contributed by atoms with Crippen molar-refractivity contribution in [3.63, 3.8) is 0 Å². The van der Waals surface area contributed by atoms with Crippen molar-refractivity contribution >= 4 is 66.6 Å². The van der Waals surface area contributed by atoms with E-state index in [1.165, 1.54) is 12.1 Å². The summed E-state index contributed by atoms with van der Waals surface area (Å²) in [6.07, 6.45) is 2.51. The number of esters is 1. The number of carbonyl (C=O) groups is 2. The van der Waals surface area contributed by atoms with Gasteiger partial charge in [-0.25, -0.2) is 14.2 Å². The van der Waals surface area contributed by atoms with Gasteiger partial charge in [0.25, 0.3) is 0 Å². The van der Waals surface area contributed by atoms with Gasteiger partial charge in [-0.05, 0) is 86.7 Å². The van der Waals surface area contributed by atoms with Gasteiger partial charge in [0.15, 0.2) is 0 Å². The first-order valence-electron chi connectivity index (χ1n) is 10.7. The molecule has 1 aliphatic rings. The molecule has 0 unspecified atom stereocenters. The SMILES string of the molecule is CCCC(=O)N=C1S/C(=C\c2cc(Br)c(OCc3cccc(F)c3)c(Br)c2)C(O)=C1C(=O)OCC. The van der Waals surface area contributed by atoms with Crippen LogP contribution in [0.4, 0.5) is 4.39 Å². The third-order valence-electron chi connectivity index (χ3n) is 4.65. The first kappa shape index (κ1) is 27.2. The summed E-state index contributed by atoms with van der Waals surface area (Å²) in [7, 11) is 0. The molecule has 0 saturated heterocycles. The molecule has 2 aromatic carbocycles. The average Bonchev–Trinajstić information content (AvgIpc) is 3.08. The number of aliphatic hydroxyl groups is 1. The van der Waals surface area contributed by atoms with Crippen LogP contribution in [0, 0.1) is 5.82 Å². The number of hydrogen-bond acceptors (Lipinski definition) is 6. The van der Waals surface area contributed by atoms with Gasteiger partial charge < -0.3 is 14.6 Å². The zero-order chi connectivity index (χ0) is 25.5. The molecular weight excluding hydrogens is 605 g/mol. The van der Waals surface area contributed by atoms with Crippen LogP contribution in [0.15, 0.2) is 66.6 Å². The topological polar surface area (TPSA) is 85.2 Å². The molecule has 10 heteroatoms. The Hall–Kier alpha value is -2.43. The highest BCUT2D eigenvalue weighted by Crippen LogP contribution is 2.41. The maximum atomic E-state index is 13.4. The van der Waals surface area contributed by atoms with Crippen LogP contribution in [0.2, 0.25) is 0 Å². The van der Waals surface area contributed by atoms with Crippen molar-refractivity contribution < 1.29 is 28.6 Å². The van der Waals surface area contributed by atoms with Gasteiger partial charge in [0, 0.05) is 6.42 Å². The maximum absolute atomic E-state index is 13.4. The Labute approximate surface area is 223 Å². The standard InChI is InChI=1S/C25H22Br2FNO5S/c1-3-6-20(30)29-24-21(25(32)33-4-2)22(31)19(35-24)12-15-10-17(26)23(18(27)11-15)34-13-14-7-5-8-16(28)9-14/h5,7-12,31H,3-4,6,13H2,1-2H3/b19-12-,29-24?. The maximum Gasteiger partial charge on any atom is 0.344 e. The van der Waals surface area contributed by atoms with E-state index in [9.17, 15) is 19.1 Å². The fourth-order valence-electron chi connectivity index (χ4n) is 3.11. The third kappa shape index (κ3) is 7.05. The van der Waals surface area contributed by atoms with E-state index >= 15 is 0 Å². The van der Waals surface area contributed by atoms with E-state index in [0.29, 0.717) is 37.1 Å². The van der Waals surface area contributed by atoms with Crippen molar-refractivity contribution in [1.29, 1.82) is 0 Å². The summed E-state index contributed by atoms with van der Waals surface area (Å²) < 4.78 is 25.6. The number of rotatable bonds is 8. The van der Waals surface area contributed by atoms with Crippen LogP contribution in [0.25, 0.3) is 6.08 Å². The Morgan fingerprint density at radius 1 is 1.17 bits per heavy atom. The lowest BCUT2D eigenvalue weighted by Crippen LogP contribution is -2.14. The van der Waals surface area contributed by atoms with Gasteiger partial charge in [-0.2, -0.15) is 0 Å². The molecule has 6 nitrogen and oxygen atoms in total. The van der Waals surface area contributed by atoms with Crippen molar-refractivity contribution in [3.05, 3.63) is 78.5 Å². The molecule has 0 radical (unpaired) electrons. The van der Waals surface area contributed by atoms with E-state index in [2.05, 4.69) is 36.9 Å². The van der Waals surface area contributed by atoms with E-state index in [-0.39, 0.29) is 47.7 Å². The van der Waals surface area contributed by atoms with Crippen LogP contribution in [0.5, 0.6) is 5.75 Å². The van der Waals surface area contributed by atoms with Gasteiger partial charge in [0.05, 0.1) is 20.5 Å². The van der Waals surface area contributed by atoms with Gasteiger partial charge in [-0.1, -0.05) is 30.8 Å². The van der Waals surface area contributed by atoms with E-state index in [1.807, 2.05) is 6.92 Å². The first-order chi connectivity index (χ1) is 16.7. The molecule has 0 spiro atoms. The van der Waals surface area contributed by atoms with Gasteiger partial charge >= 0.3 is 5.97 Å². The molecule has 0 aliphatic carbocycles. The minimum Gasteiger partial charge on any atom is -0.506 e. The quantitative estimate of drug-likeness (QED) is 0.314. The van der Waals surface area contributed by atoms with Crippen molar-refractivity contribution in [2.75, 3.05) is 6.61 Å². The van der Waals surface area contributed by atoms with E-state index < -0.39 is 5.97 Å². The van der Waals surface area contributed by atoms with E-state index in [1.54, 1.807) is 37.3 Å². The minimum atomic E-state index is -0.743. The number of thioether (sulfide) groups is 1. The van der Waals surface area contributed by atoms with Gasteiger partial charge in [-0.3, -0.25) is 4.79 Å². The lowest BCUT2D eigenvalue weighted by atomic mass is 10.1. The zero-order valence-electron chi connectivity index (χ0n) is 18.9. The number of ether oxygens (including phenoxy) is 2. The summed E-state index contributed by atoms with van der Waals surface area (Å²) in [6, 6.07) is 9.69. The summed E-state index contributed by atoms with van der Waals surface area (Å²) in [4.78, 5) is 28.9. The van der Waals surface area contributed by atoms with Crippen LogP contribution < -0.4 is 4.74 Å². The number of nitrogens with zero attached hydrogens (tertiary/aromatic N) is 1. The number of amides is 1. The Kier molecular flexibility index (Phi) is 9.71. The summed E-state index contributed by atoms with van der Waals surface area (Å²) in [5, 5.41) is 10.9. The summed E-state index contributed by atoms with van der Waals surface area (Å²) in [6.45, 7) is 3.79. The molecule has 0 aromatic heterocycles. The lowest BCUT2D eigenvalue weighted by Gasteiger charge is -2.12. The molecule has 1 aliphatic heterocycles. The monoisotopic (exact) mass is 625 g/mol. The molecule has 1 heterocycles. The molecule has 0 fully saturated rings. The number of aliphatic hydroxyl groups excluding tert-OH is 1. The van der Waals surface area contributed by atoms with Crippen molar-refractivity contribution in [2.24, 2.45) is 4.99 Å². The molecule has 0 saturated carbocycles. The van der Waals surface area contributed by atoms with Crippen LogP contribution in [0.3, 0.4) is 0 Å². The number of carbonyl (C=O) groups excluding carboxylic acids is 2. The molecule has 1 N–H and O–H groups in total. The highest BCUT2D eigenvalue weighted by molar-refractivity contribution is 9.11. The number of benzene rings is 2. The molecule has 2 aromatic rings. The van der Waals surface area contributed by atoms with Gasteiger partial charge in [-0.15, -0.1) is 0 Å². The Morgan fingerprint density at radius 2 is 1.89 bits per heavy atom. The second-order valence-corrected chi connectivity index (χ2v) is 10.1. The van der Waals surface area contributed by atoms with Gasteiger partial charge in [0.1, 0.15) is 34.5 Å². The average molecular weight is 627 g/mol. The Balaban J connectivity index is 1.89. The summed E-state index contributed by atoms with van der Waals surface area (Å²) in [5.74, 6) is -1.23. The molecule has 1 amide bonds. The van der Waals surface area contributed by atoms with Gasteiger partial charge in [0.2, 0.25) is 5.91 Å². The predicted molar refractivity (Wildman–Crippen MR) is 142 cm³/mol. The molecule has 35 heavy (non-hydrogen) atoms. The second-order valence-electron chi connectivity index (χ2n) is 7.35. The number of aliphatic imine (C=N–C) groups is 1. The van der Waals surface area contributed by atoms with Crippen LogP contribution in [-0.2, 0) is 20.9 Å². The van der Waals surface area contributed by atoms with E-state index in [4.69, 9.17) is 9.47 Å². The molecular formula is C25H22Br2FNO5S. The highest BCUT2D eigenvalue weighted by Gasteiger charge is 2.33. The molecule has 0 bridgehead atoms. The normalized spacial score (nSPS) is 15.7. The number of hydrogen-bond donors (Lipinski definition) is 1. The number of halogens is 3. The minimum absolute atomic E-state index is 0.110. The van der Waals surface area contributed by atoms with Crippen LogP contribution >= 0.6 is 43.6 Å². The highest BCUT2D eigenvalue weighted by atomic mass is 79.9. The summed E-state index contributed by atoms with van der Waals surface area (Å²) in [5.41, 5.74) is 1.24. The molecule has 3 rings (SSSR count).